The summed E-state index contributed by atoms with van der Waals surface area (Å²) in [6.07, 6.45) is -5.59. The molecule has 1 amide bonds. The number of benzene rings is 6. The van der Waals surface area contributed by atoms with E-state index in [0.29, 0.717) is 11.1 Å². The van der Waals surface area contributed by atoms with Crippen LogP contribution in [0.15, 0.2) is 66.9 Å². The van der Waals surface area contributed by atoms with Gasteiger partial charge in [-0.05, 0) is 12.1 Å². The van der Waals surface area contributed by atoms with Crippen molar-refractivity contribution in [1.82, 2.24) is 0 Å². The molecule has 1 heterocycles. The number of Topliss-reactive ketones (excluding diaryl/α,β-unsaturated/α-hetero) is 1. The number of nitrogens with two attached hydrogens (primary N) is 1. The van der Waals surface area contributed by atoms with Crippen molar-refractivity contribution in [3.8, 4) is 0 Å². The highest BCUT2D eigenvalue weighted by atomic mass is 19.2. The van der Waals surface area contributed by atoms with Crippen molar-refractivity contribution in [1.29, 1.82) is 0 Å². The van der Waals surface area contributed by atoms with Crippen molar-refractivity contribution in [2.45, 2.75) is 6.54 Å². The zero-order chi connectivity index (χ0) is 49.9. The average molecular weight is 970 g/mol. The lowest BCUT2D eigenvalue weighted by molar-refractivity contribution is -0.657. The van der Waals surface area contributed by atoms with Crippen LogP contribution in [0.1, 0.15) is 20.7 Å². The van der Waals surface area contributed by atoms with Crippen LogP contribution in [0.3, 0.4) is 0 Å². The highest BCUT2D eigenvalue weighted by molar-refractivity contribution is 7.20. The molecule has 1 aromatic heterocycles. The van der Waals surface area contributed by atoms with Gasteiger partial charge in [-0.3, -0.25) is 9.59 Å². The predicted molar refractivity (Wildman–Crippen MR) is 193 cm³/mol. The van der Waals surface area contributed by atoms with Crippen molar-refractivity contribution < 1.29 is 102 Å². The lowest BCUT2D eigenvalue weighted by Crippen LogP contribution is -2.81. The minimum absolute atomic E-state index is 0.0163. The number of carbonyl (C=O) groups is 2. The van der Waals surface area contributed by atoms with Gasteiger partial charge in [-0.1, -0.05) is 42.5 Å². The summed E-state index contributed by atoms with van der Waals surface area (Å²) in [5.74, 6) is -71.9. The number of halogens is 20. The second-order valence-electron chi connectivity index (χ2n) is 13.9. The Bertz CT molecular complexity index is 2840. The molecule has 0 saturated heterocycles. The number of carbonyl (C=O) groups excluding carboxylic acids is 2. The molecule has 0 aliphatic rings. The maximum Gasteiger partial charge on any atom is 0.254 e. The molecule has 0 unspecified atom stereocenters. The number of aromatic nitrogens is 1. The van der Waals surface area contributed by atoms with Gasteiger partial charge in [0.05, 0.1) is 0 Å². The molecule has 0 radical (unpaired) electrons. The van der Waals surface area contributed by atoms with Crippen LogP contribution in [-0.4, -0.2) is 17.8 Å². The van der Waals surface area contributed by atoms with Gasteiger partial charge >= 0.3 is 0 Å². The van der Waals surface area contributed by atoms with Crippen molar-refractivity contribution in [3.05, 3.63) is 194 Å². The Balaban J connectivity index is 0.000000279. The van der Waals surface area contributed by atoms with Gasteiger partial charge in [-0.2, -0.15) is 4.57 Å². The number of hydrogen-bond acceptors (Lipinski definition) is 2. The summed E-state index contributed by atoms with van der Waals surface area (Å²) in [6.45, 7) is 0.158. The number of nitrogens with zero attached hydrogens (tertiary/aromatic N) is 1. The number of ketones is 1. The van der Waals surface area contributed by atoms with Crippen LogP contribution < -0.4 is 32.2 Å². The van der Waals surface area contributed by atoms with E-state index < -0.39 is 150 Å². The molecule has 4 nitrogen and oxygen atoms in total. The molecule has 0 fully saturated rings. The van der Waals surface area contributed by atoms with Gasteiger partial charge in [0.25, 0.3) is 5.91 Å². The molecular weight excluding hydrogens is 955 g/mol. The Morgan fingerprint density at radius 3 is 0.985 bits per heavy atom. The zero-order valence-corrected chi connectivity index (χ0v) is 32.0. The second-order valence-corrected chi connectivity index (χ2v) is 13.9. The fraction of sp³-hybridized carbons (Fsp3) is 0.0238. The van der Waals surface area contributed by atoms with Crippen LogP contribution in [0.25, 0.3) is 10.9 Å². The van der Waals surface area contributed by atoms with Gasteiger partial charge in [0.15, 0.2) is 76.0 Å². The average Bonchev–Trinajstić information content (AvgIpc) is 3.31. The normalized spacial score (nSPS) is 11.5. The first kappa shape index (κ1) is 49.0. The summed E-state index contributed by atoms with van der Waals surface area (Å²) in [4.78, 5) is 23.9. The number of amides is 1. The molecule has 0 aliphatic heterocycles. The SMILES string of the molecule is Fc1c(F)c(F)c([B-](c2c(F)c(F)c(F)c(F)c2F)(c2c(F)c(F)c(F)c(F)c2F)c2c(F)c(F)c(F)c(F)c2F)c(F)c1F.NC(=O)c1cc2ccccc2[n+](CC(=O)c2ccccc2)c1. The Morgan fingerprint density at radius 1 is 0.388 bits per heavy atom. The van der Waals surface area contributed by atoms with Gasteiger partial charge in [0.2, 0.25) is 17.8 Å². The quantitative estimate of drug-likeness (QED) is 0.0420. The molecule has 0 spiro atoms. The van der Waals surface area contributed by atoms with E-state index in [2.05, 4.69) is 0 Å². The third-order valence-corrected chi connectivity index (χ3v) is 10.3. The number of primary amides is 1. The minimum Gasteiger partial charge on any atom is -0.365 e. The first-order chi connectivity index (χ1) is 31.3. The smallest absolute Gasteiger partial charge is 0.254 e. The van der Waals surface area contributed by atoms with E-state index in [9.17, 15) is 62.3 Å². The number of hydrogen-bond donors (Lipinski definition) is 1. The molecule has 7 aromatic rings. The number of para-hydroxylation sites is 1. The standard InChI is InChI=1S/C24BF20.C18H14N2O2/c26-5-1(6(27)14(35)21(42)13(5)34)25(2-7(28)15(36)22(43)16(37)8(2)29,3-9(30)17(38)23(44)18(39)10(3)31)4-11(32)19(40)24(45)20(41)12(4)33;19-18(22)15-10-14-8-4-5-9-16(14)20(11-15)12-17(21)13-6-2-1-3-7-13/h;1-11H,12H2,(H-,19,22)/q-1;/p+1. The molecule has 67 heavy (non-hydrogen) atoms. The third-order valence-electron chi connectivity index (χ3n) is 10.3. The van der Waals surface area contributed by atoms with Crippen LogP contribution in [0.4, 0.5) is 87.8 Å². The Kier molecular flexibility index (Phi) is 13.2. The molecule has 0 atom stereocenters. The van der Waals surface area contributed by atoms with Crippen LogP contribution in [0.5, 0.6) is 0 Å². The van der Waals surface area contributed by atoms with Gasteiger partial charge in [-0.25, -0.2) is 87.8 Å². The van der Waals surface area contributed by atoms with Crippen LogP contribution in [0, 0.1) is 116 Å². The van der Waals surface area contributed by atoms with Gasteiger partial charge in [-0.15, -0.1) is 21.9 Å². The molecule has 25 heteroatoms. The van der Waals surface area contributed by atoms with E-state index in [-0.39, 0.29) is 12.3 Å². The summed E-state index contributed by atoms with van der Waals surface area (Å²) in [6, 6.07) is 18.4. The number of rotatable bonds is 8. The Hall–Kier alpha value is -7.47. The van der Waals surface area contributed by atoms with Gasteiger partial charge in [0, 0.05) is 17.0 Å². The lowest BCUT2D eigenvalue weighted by atomic mass is 9.12. The van der Waals surface area contributed by atoms with E-state index in [1.54, 1.807) is 29.0 Å². The molecule has 0 aliphatic carbocycles. The third kappa shape index (κ3) is 7.73. The lowest BCUT2D eigenvalue weighted by Gasteiger charge is -2.44. The molecule has 7 rings (SSSR count). The van der Waals surface area contributed by atoms with Gasteiger partial charge < -0.3 is 5.73 Å². The van der Waals surface area contributed by atoms with Crippen molar-refractivity contribution in [3.63, 3.8) is 0 Å². The van der Waals surface area contributed by atoms with Gasteiger partial charge in [0.1, 0.15) is 58.2 Å². The maximum atomic E-state index is 15.4. The molecule has 2 N–H and O–H groups in total. The van der Waals surface area contributed by atoms with Crippen LogP contribution in [0.2, 0.25) is 0 Å². The maximum absolute atomic E-state index is 15.4. The highest BCUT2D eigenvalue weighted by Gasteiger charge is 2.52. The van der Waals surface area contributed by atoms with Crippen LogP contribution in [-0.2, 0) is 6.54 Å². The second kappa shape index (κ2) is 18.1. The summed E-state index contributed by atoms with van der Waals surface area (Å²) in [7, 11) is 0. The van der Waals surface area contributed by atoms with Crippen LogP contribution >= 0.6 is 0 Å². The summed E-state index contributed by atoms with van der Waals surface area (Å²) in [5.41, 5.74) is -7.03. The summed E-state index contributed by atoms with van der Waals surface area (Å²) >= 11 is 0. The molecule has 6 aromatic carbocycles. The minimum atomic E-state index is -7.22. The summed E-state index contributed by atoms with van der Waals surface area (Å²) < 4.78 is 296. The van der Waals surface area contributed by atoms with E-state index >= 15 is 35.1 Å². The fourth-order valence-corrected chi connectivity index (χ4v) is 7.32. The zero-order valence-electron chi connectivity index (χ0n) is 32.0. The van der Waals surface area contributed by atoms with E-state index in [4.69, 9.17) is 5.73 Å². The summed E-state index contributed by atoms with van der Waals surface area (Å²) in [5, 5.41) is 0.875. The van der Waals surface area contributed by atoms with E-state index in [1.807, 2.05) is 42.5 Å². The monoisotopic (exact) mass is 970 g/mol. The molecular formula is C42H15BF20N2O2. The Labute approximate surface area is 359 Å². The Morgan fingerprint density at radius 2 is 0.672 bits per heavy atom. The predicted octanol–water partition coefficient (Wildman–Crippen LogP) is 7.96. The van der Waals surface area contributed by atoms with Crippen molar-refractivity contribution in [2.75, 3.05) is 0 Å². The largest absolute Gasteiger partial charge is 0.365 e. The van der Waals surface area contributed by atoms with E-state index in [1.165, 1.54) is 0 Å². The first-order valence-electron chi connectivity index (χ1n) is 17.9. The number of pyridine rings is 1. The molecule has 348 valence electrons. The van der Waals surface area contributed by atoms with Crippen molar-refractivity contribution in [2.24, 2.45) is 5.73 Å². The topological polar surface area (TPSA) is 64.0 Å². The molecule has 0 bridgehead atoms. The molecule has 0 saturated carbocycles. The van der Waals surface area contributed by atoms with Crippen molar-refractivity contribution >= 4 is 50.6 Å². The fourth-order valence-electron chi connectivity index (χ4n) is 7.32. The highest BCUT2D eigenvalue weighted by Crippen LogP contribution is 2.31. The van der Waals surface area contributed by atoms with E-state index in [0.717, 1.165) is 10.9 Å². The first-order valence-corrected chi connectivity index (χ1v) is 17.9. The number of fused-ring (bicyclic) bond motifs is 1.